The standard InChI is InChI=1S/C88H64N4O2/c1-55(2)57-39-43-63(44-40-57)91-77-35-19-17-31-67(77)69-33-21-37-79(85(69)91)89(61-27-13-7-14-28-61)65-47-49-81-75(51-65)83-73-53-72(60-25-11-6-12-26-60)88-84(74(73)54-71(87(83)93-81)59-23-9-5-10-24-59)76-52-66(48-50-82(76)94-88)90(62-29-15-8-16-30-62)80-38-22-34-70-68-32-18-20-36-78(68)92(86(70)80)64-45-41-58(42-46-64)56(3)4/h5-56H,1-4H3. The van der Waals surface area contributed by atoms with Gasteiger partial charge in [0.05, 0.1) is 33.4 Å². The molecule has 0 atom stereocenters. The van der Waals surface area contributed by atoms with E-state index in [1.54, 1.807) is 0 Å². The summed E-state index contributed by atoms with van der Waals surface area (Å²) in [6, 6.07) is 111. The van der Waals surface area contributed by atoms with Crippen molar-refractivity contribution in [1.82, 2.24) is 9.13 Å². The number of fused-ring (bicyclic) bond motifs is 15. The van der Waals surface area contributed by atoms with Gasteiger partial charge in [0, 0.05) is 88.3 Å². The SMILES string of the molecule is CC(C)c1ccc(-n2c3ccccc3c3cccc(N(c4ccccc4)c4ccc5oc6c(-c7ccccc7)cc7c(cc(-c8ccccc8)c8oc9ccc(N(c%10ccccc%10)c%10cccc%11c%12ccccc%12n(-c%12ccc(C(C)C)cc%12)c%10%11)cc9c87)c6c5c4)c32)cc1. The number of furan rings is 2. The highest BCUT2D eigenvalue weighted by molar-refractivity contribution is 6.32. The second kappa shape index (κ2) is 21.9. The molecule has 4 heterocycles. The average molecular weight is 1210 g/mol. The van der Waals surface area contributed by atoms with E-state index in [9.17, 15) is 0 Å². The lowest BCUT2D eigenvalue weighted by molar-refractivity contribution is 0.669. The van der Waals surface area contributed by atoms with Crippen LogP contribution in [0.25, 0.3) is 132 Å². The Bertz CT molecular complexity index is 5590. The normalized spacial score (nSPS) is 12.0. The molecule has 18 aromatic rings. The third-order valence-corrected chi connectivity index (χ3v) is 19.4. The maximum absolute atomic E-state index is 7.34. The van der Waals surface area contributed by atoms with E-state index in [1.165, 1.54) is 32.7 Å². The van der Waals surface area contributed by atoms with Gasteiger partial charge >= 0.3 is 0 Å². The molecule has 0 N–H and O–H groups in total. The molecule has 0 spiro atoms. The van der Waals surface area contributed by atoms with Crippen LogP contribution in [0.4, 0.5) is 34.1 Å². The topological polar surface area (TPSA) is 42.6 Å². The largest absolute Gasteiger partial charge is 0.455 e. The minimum Gasteiger partial charge on any atom is -0.455 e. The van der Waals surface area contributed by atoms with Crippen LogP contribution in [-0.2, 0) is 0 Å². The molecular weight excluding hydrogens is 1140 g/mol. The van der Waals surface area contributed by atoms with E-state index >= 15 is 0 Å². The van der Waals surface area contributed by atoms with Crippen LogP contribution in [0.15, 0.2) is 312 Å². The molecule has 0 fully saturated rings. The first-order valence-corrected chi connectivity index (χ1v) is 32.7. The molecule has 0 aliphatic heterocycles. The highest BCUT2D eigenvalue weighted by Gasteiger charge is 2.28. The maximum Gasteiger partial charge on any atom is 0.143 e. The number of nitrogens with zero attached hydrogens (tertiary/aromatic N) is 4. The molecular formula is C88H64N4O2. The van der Waals surface area contributed by atoms with Crippen molar-refractivity contribution in [3.8, 4) is 33.6 Å². The van der Waals surface area contributed by atoms with Gasteiger partial charge in [-0.05, 0) is 166 Å². The monoisotopic (exact) mass is 1210 g/mol. The molecule has 94 heavy (non-hydrogen) atoms. The van der Waals surface area contributed by atoms with Crippen molar-refractivity contribution < 1.29 is 8.83 Å². The van der Waals surface area contributed by atoms with Gasteiger partial charge in [0.15, 0.2) is 0 Å². The zero-order valence-electron chi connectivity index (χ0n) is 52.6. The lowest BCUT2D eigenvalue weighted by Crippen LogP contribution is -2.11. The highest BCUT2D eigenvalue weighted by Crippen LogP contribution is 2.52. The second-order valence-corrected chi connectivity index (χ2v) is 25.5. The van der Waals surface area contributed by atoms with Gasteiger partial charge < -0.3 is 27.8 Å². The fourth-order valence-electron chi connectivity index (χ4n) is 14.9. The van der Waals surface area contributed by atoms with Crippen LogP contribution in [0.2, 0.25) is 0 Å². The lowest BCUT2D eigenvalue weighted by Gasteiger charge is -2.27. The Kier molecular flexibility index (Phi) is 12.8. The molecule has 0 unspecified atom stereocenters. The fourth-order valence-corrected chi connectivity index (χ4v) is 14.9. The van der Waals surface area contributed by atoms with Crippen molar-refractivity contribution in [2.45, 2.75) is 39.5 Å². The summed E-state index contributed by atoms with van der Waals surface area (Å²) in [7, 11) is 0. The third-order valence-electron chi connectivity index (χ3n) is 19.4. The maximum atomic E-state index is 7.34. The number of hydrogen-bond donors (Lipinski definition) is 0. The molecule has 0 bridgehead atoms. The van der Waals surface area contributed by atoms with Crippen LogP contribution in [0.1, 0.15) is 50.7 Å². The molecule has 0 radical (unpaired) electrons. The molecule has 0 saturated heterocycles. The fraction of sp³-hybridized carbons (Fsp3) is 0.0682. The van der Waals surface area contributed by atoms with Crippen LogP contribution in [0.5, 0.6) is 0 Å². The molecule has 6 nitrogen and oxygen atoms in total. The first-order chi connectivity index (χ1) is 46.3. The molecule has 6 heteroatoms. The van der Waals surface area contributed by atoms with Gasteiger partial charge in [-0.15, -0.1) is 0 Å². The zero-order chi connectivity index (χ0) is 62.7. The Balaban J connectivity index is 0.915. The number of aromatic nitrogens is 2. The molecule has 448 valence electrons. The highest BCUT2D eigenvalue weighted by atomic mass is 16.3. The van der Waals surface area contributed by atoms with Gasteiger partial charge in [0.2, 0.25) is 0 Å². The Morgan fingerprint density at radius 2 is 0.649 bits per heavy atom. The molecule has 14 aromatic carbocycles. The molecule has 0 amide bonds. The van der Waals surface area contributed by atoms with E-state index < -0.39 is 0 Å². The Hall–Kier alpha value is -11.9. The number of anilines is 6. The third kappa shape index (κ3) is 8.70. The van der Waals surface area contributed by atoms with Crippen molar-refractivity contribution in [3.63, 3.8) is 0 Å². The Morgan fingerprint density at radius 1 is 0.287 bits per heavy atom. The number of benzene rings is 14. The summed E-state index contributed by atoms with van der Waals surface area (Å²) in [5.41, 5.74) is 23.0. The van der Waals surface area contributed by atoms with Crippen molar-refractivity contribution in [2.24, 2.45) is 0 Å². The summed E-state index contributed by atoms with van der Waals surface area (Å²) in [5, 5.41) is 11.0. The van der Waals surface area contributed by atoms with E-state index in [0.717, 1.165) is 144 Å². The van der Waals surface area contributed by atoms with Gasteiger partial charge in [-0.3, -0.25) is 0 Å². The number of rotatable bonds is 12. The summed E-state index contributed by atoms with van der Waals surface area (Å²) in [6.45, 7) is 9.02. The quantitative estimate of drug-likeness (QED) is 0.122. The molecule has 0 saturated carbocycles. The van der Waals surface area contributed by atoms with Crippen LogP contribution < -0.4 is 9.80 Å². The predicted octanol–water partition coefficient (Wildman–Crippen LogP) is 25.4. The van der Waals surface area contributed by atoms with Gasteiger partial charge in [0.25, 0.3) is 0 Å². The minimum absolute atomic E-state index is 0.414. The Morgan fingerprint density at radius 3 is 1.04 bits per heavy atom. The van der Waals surface area contributed by atoms with Crippen LogP contribution >= 0.6 is 0 Å². The van der Waals surface area contributed by atoms with Gasteiger partial charge in [-0.2, -0.15) is 0 Å². The summed E-state index contributed by atoms with van der Waals surface area (Å²) in [5.74, 6) is 0.828. The second-order valence-electron chi connectivity index (χ2n) is 25.5. The van der Waals surface area contributed by atoms with Crippen molar-refractivity contribution in [3.05, 3.63) is 314 Å². The van der Waals surface area contributed by atoms with Crippen LogP contribution in [-0.4, -0.2) is 9.13 Å². The van der Waals surface area contributed by atoms with Crippen molar-refractivity contribution in [1.29, 1.82) is 0 Å². The summed E-state index contributed by atoms with van der Waals surface area (Å²) in [6.07, 6.45) is 0. The van der Waals surface area contributed by atoms with Gasteiger partial charge in [-0.25, -0.2) is 0 Å². The van der Waals surface area contributed by atoms with E-state index in [-0.39, 0.29) is 0 Å². The van der Waals surface area contributed by atoms with Crippen molar-refractivity contribution >= 4 is 132 Å². The average Bonchev–Trinajstić information content (AvgIpc) is 1.52. The van der Waals surface area contributed by atoms with Gasteiger partial charge in [0.1, 0.15) is 22.3 Å². The summed E-state index contributed by atoms with van der Waals surface area (Å²) in [4.78, 5) is 4.86. The minimum atomic E-state index is 0.414. The van der Waals surface area contributed by atoms with Crippen LogP contribution in [0.3, 0.4) is 0 Å². The van der Waals surface area contributed by atoms with E-state index in [1.807, 2.05) is 0 Å². The lowest BCUT2D eigenvalue weighted by atomic mass is 9.90. The molecule has 0 aliphatic carbocycles. The molecule has 18 rings (SSSR count). The van der Waals surface area contributed by atoms with E-state index in [2.05, 4.69) is 350 Å². The number of hydrogen-bond acceptors (Lipinski definition) is 4. The van der Waals surface area contributed by atoms with Crippen molar-refractivity contribution in [2.75, 3.05) is 9.80 Å². The summed E-state index contributed by atoms with van der Waals surface area (Å²) >= 11 is 0. The van der Waals surface area contributed by atoms with Crippen LogP contribution in [0, 0.1) is 0 Å². The zero-order valence-corrected chi connectivity index (χ0v) is 52.6. The summed E-state index contributed by atoms with van der Waals surface area (Å²) < 4.78 is 19.6. The predicted molar refractivity (Wildman–Crippen MR) is 396 cm³/mol. The Labute approximate surface area is 544 Å². The van der Waals surface area contributed by atoms with Gasteiger partial charge in [-0.1, -0.05) is 210 Å². The smallest absolute Gasteiger partial charge is 0.143 e. The molecule has 0 aliphatic rings. The first-order valence-electron chi connectivity index (χ1n) is 32.7. The molecule has 4 aromatic heterocycles. The van der Waals surface area contributed by atoms with E-state index in [4.69, 9.17) is 8.83 Å². The van der Waals surface area contributed by atoms with E-state index in [0.29, 0.717) is 11.8 Å². The first kappa shape index (κ1) is 55.0. The number of para-hydroxylation sites is 6.